The summed E-state index contributed by atoms with van der Waals surface area (Å²) >= 11 is 0. The largest absolute Gasteiger partial charge is 0.480 e. The fourth-order valence-electron chi connectivity index (χ4n) is 2.99. The third kappa shape index (κ3) is 4.75. The number of pyridine rings is 1. The molecule has 0 saturated carbocycles. The molecule has 0 saturated heterocycles. The number of carboxylic acid groups (broad SMARTS) is 1. The number of carbonyl (C=O) groups is 1. The first-order valence-corrected chi connectivity index (χ1v) is 8.82. The SMILES string of the molecule is COc1nc2cc([N+](=O)[O-])cc(CN(CC(=O)O)Cc3ccccn3)c2nc1OC. The molecule has 0 fully saturated rings. The number of nitrogens with zero attached hydrogens (tertiary/aromatic N) is 5. The van der Waals surface area contributed by atoms with Crippen molar-refractivity contribution >= 4 is 22.7 Å². The van der Waals surface area contributed by atoms with Gasteiger partial charge in [-0.3, -0.25) is 24.8 Å². The number of methoxy groups -OCH3 is 2. The fraction of sp³-hybridized carbons (Fsp3) is 0.263. The first-order valence-electron chi connectivity index (χ1n) is 8.82. The lowest BCUT2D eigenvalue weighted by Gasteiger charge is -2.20. The Morgan fingerprint density at radius 3 is 2.50 bits per heavy atom. The van der Waals surface area contributed by atoms with Gasteiger partial charge >= 0.3 is 5.97 Å². The zero-order chi connectivity index (χ0) is 21.7. The minimum atomic E-state index is -1.04. The second-order valence-corrected chi connectivity index (χ2v) is 6.33. The average molecular weight is 413 g/mol. The maximum atomic E-state index is 11.4. The van der Waals surface area contributed by atoms with Crippen LogP contribution in [-0.4, -0.2) is 56.6 Å². The van der Waals surface area contributed by atoms with Crippen LogP contribution in [0.15, 0.2) is 36.5 Å². The summed E-state index contributed by atoms with van der Waals surface area (Å²) in [7, 11) is 2.79. The van der Waals surface area contributed by atoms with Crippen LogP contribution in [0.1, 0.15) is 11.3 Å². The number of nitro benzene ring substituents is 1. The molecule has 0 radical (unpaired) electrons. The number of fused-ring (bicyclic) bond motifs is 1. The third-order valence-electron chi connectivity index (χ3n) is 4.23. The molecule has 2 heterocycles. The molecule has 0 spiro atoms. The number of carboxylic acids is 1. The number of hydrogen-bond donors (Lipinski definition) is 1. The van der Waals surface area contributed by atoms with Crippen LogP contribution in [0.5, 0.6) is 11.8 Å². The fourth-order valence-corrected chi connectivity index (χ4v) is 2.99. The molecule has 30 heavy (non-hydrogen) atoms. The van der Waals surface area contributed by atoms with Crippen molar-refractivity contribution in [2.24, 2.45) is 0 Å². The molecule has 11 nitrogen and oxygen atoms in total. The Labute approximate surface area is 171 Å². The van der Waals surface area contributed by atoms with E-state index in [-0.39, 0.29) is 42.6 Å². The van der Waals surface area contributed by atoms with E-state index in [0.29, 0.717) is 16.8 Å². The molecule has 3 aromatic rings. The summed E-state index contributed by atoms with van der Waals surface area (Å²) < 4.78 is 10.3. The van der Waals surface area contributed by atoms with Crippen LogP contribution in [0.3, 0.4) is 0 Å². The van der Waals surface area contributed by atoms with E-state index in [9.17, 15) is 20.0 Å². The molecule has 156 valence electrons. The quantitative estimate of drug-likeness (QED) is 0.409. The lowest BCUT2D eigenvalue weighted by molar-refractivity contribution is -0.384. The van der Waals surface area contributed by atoms with Crippen molar-refractivity contribution < 1.29 is 24.3 Å². The van der Waals surface area contributed by atoms with Crippen LogP contribution >= 0.6 is 0 Å². The van der Waals surface area contributed by atoms with Crippen molar-refractivity contribution in [2.75, 3.05) is 20.8 Å². The highest BCUT2D eigenvalue weighted by Crippen LogP contribution is 2.30. The first kappa shape index (κ1) is 20.9. The van der Waals surface area contributed by atoms with Gasteiger partial charge in [0.05, 0.1) is 36.9 Å². The Bertz CT molecular complexity index is 1080. The molecule has 2 aromatic heterocycles. The van der Waals surface area contributed by atoms with Crippen molar-refractivity contribution in [1.82, 2.24) is 19.9 Å². The van der Waals surface area contributed by atoms with Gasteiger partial charge in [0.25, 0.3) is 17.4 Å². The molecular formula is C19H19N5O6. The molecule has 3 rings (SSSR count). The Hall–Kier alpha value is -3.86. The second-order valence-electron chi connectivity index (χ2n) is 6.33. The zero-order valence-corrected chi connectivity index (χ0v) is 16.3. The van der Waals surface area contributed by atoms with Crippen molar-refractivity contribution in [3.8, 4) is 11.8 Å². The predicted octanol–water partition coefficient (Wildman–Crippen LogP) is 2.04. The van der Waals surface area contributed by atoms with Gasteiger partial charge in [-0.15, -0.1) is 0 Å². The third-order valence-corrected chi connectivity index (χ3v) is 4.23. The van der Waals surface area contributed by atoms with Gasteiger partial charge in [0.15, 0.2) is 0 Å². The maximum absolute atomic E-state index is 11.4. The van der Waals surface area contributed by atoms with Gasteiger partial charge < -0.3 is 14.6 Å². The van der Waals surface area contributed by atoms with Crippen molar-refractivity contribution in [3.63, 3.8) is 0 Å². The number of aliphatic carboxylic acids is 1. The standard InChI is InChI=1S/C19H19N5O6/c1-29-18-19(30-2)22-17-12(7-14(24(27)28)8-15(17)21-18)9-23(11-16(25)26)10-13-5-3-4-6-20-13/h3-8H,9-11H2,1-2H3,(H,25,26). The van der Waals surface area contributed by atoms with Gasteiger partial charge in [-0.05, 0) is 12.1 Å². The van der Waals surface area contributed by atoms with Gasteiger partial charge in [0.1, 0.15) is 5.52 Å². The molecule has 0 amide bonds. The first-order chi connectivity index (χ1) is 14.4. The Kier molecular flexibility index (Phi) is 6.32. The molecule has 1 aromatic carbocycles. The normalized spacial score (nSPS) is 10.9. The number of benzene rings is 1. The van der Waals surface area contributed by atoms with Gasteiger partial charge in [-0.2, -0.15) is 0 Å². The zero-order valence-electron chi connectivity index (χ0n) is 16.3. The second kappa shape index (κ2) is 9.09. The van der Waals surface area contributed by atoms with Crippen LogP contribution in [0.4, 0.5) is 5.69 Å². The number of hydrogen-bond acceptors (Lipinski definition) is 9. The monoisotopic (exact) mass is 413 g/mol. The lowest BCUT2D eigenvalue weighted by atomic mass is 10.1. The van der Waals surface area contributed by atoms with E-state index in [1.165, 1.54) is 26.4 Å². The molecule has 1 N–H and O–H groups in total. The Morgan fingerprint density at radius 1 is 1.17 bits per heavy atom. The van der Waals surface area contributed by atoms with Gasteiger partial charge in [-0.1, -0.05) is 6.07 Å². The summed E-state index contributed by atoms with van der Waals surface area (Å²) in [5, 5.41) is 20.7. The van der Waals surface area contributed by atoms with E-state index < -0.39 is 10.9 Å². The highest BCUT2D eigenvalue weighted by atomic mass is 16.6. The molecule has 0 bridgehead atoms. The van der Waals surface area contributed by atoms with Crippen LogP contribution < -0.4 is 9.47 Å². The van der Waals surface area contributed by atoms with E-state index in [4.69, 9.17) is 9.47 Å². The minimum absolute atomic E-state index is 0.0746. The summed E-state index contributed by atoms with van der Waals surface area (Å²) in [6, 6.07) is 7.97. The highest BCUT2D eigenvalue weighted by molar-refractivity contribution is 5.82. The van der Waals surface area contributed by atoms with E-state index in [1.807, 2.05) is 0 Å². The molecule has 0 unspecified atom stereocenters. The molecule has 0 aliphatic carbocycles. The van der Waals surface area contributed by atoms with Crippen LogP contribution in [-0.2, 0) is 17.9 Å². The molecular weight excluding hydrogens is 394 g/mol. The number of ether oxygens (including phenoxy) is 2. The number of rotatable bonds is 9. The van der Waals surface area contributed by atoms with E-state index in [0.717, 1.165) is 0 Å². The van der Waals surface area contributed by atoms with E-state index in [2.05, 4.69) is 15.0 Å². The number of non-ortho nitro benzene ring substituents is 1. The predicted molar refractivity (Wildman–Crippen MR) is 105 cm³/mol. The van der Waals surface area contributed by atoms with Crippen molar-refractivity contribution in [1.29, 1.82) is 0 Å². The number of nitro groups is 1. The van der Waals surface area contributed by atoms with Crippen LogP contribution in [0.2, 0.25) is 0 Å². The number of aromatic nitrogens is 3. The van der Waals surface area contributed by atoms with Gasteiger partial charge in [-0.25, -0.2) is 9.97 Å². The summed E-state index contributed by atoms with van der Waals surface area (Å²) in [5.74, 6) is -0.826. The van der Waals surface area contributed by atoms with Gasteiger partial charge in [0.2, 0.25) is 0 Å². The molecule has 0 atom stereocenters. The summed E-state index contributed by atoms with van der Waals surface area (Å²) in [6.07, 6.45) is 1.61. The minimum Gasteiger partial charge on any atom is -0.480 e. The Balaban J connectivity index is 2.08. The van der Waals surface area contributed by atoms with E-state index in [1.54, 1.807) is 29.3 Å². The highest BCUT2D eigenvalue weighted by Gasteiger charge is 2.20. The van der Waals surface area contributed by atoms with Gasteiger partial charge in [0, 0.05) is 37.0 Å². The van der Waals surface area contributed by atoms with Crippen molar-refractivity contribution in [2.45, 2.75) is 13.1 Å². The summed E-state index contributed by atoms with van der Waals surface area (Å²) in [4.78, 5) is 36.7. The molecule has 0 aliphatic heterocycles. The smallest absolute Gasteiger partial charge is 0.317 e. The molecule has 0 aliphatic rings. The summed E-state index contributed by atoms with van der Waals surface area (Å²) in [5.41, 5.74) is 1.51. The van der Waals surface area contributed by atoms with E-state index >= 15 is 0 Å². The maximum Gasteiger partial charge on any atom is 0.317 e. The van der Waals surface area contributed by atoms with Crippen LogP contribution in [0.25, 0.3) is 11.0 Å². The topological polar surface area (TPSA) is 141 Å². The lowest BCUT2D eigenvalue weighted by Crippen LogP contribution is -2.29. The van der Waals surface area contributed by atoms with Crippen molar-refractivity contribution in [3.05, 3.63) is 57.9 Å². The van der Waals surface area contributed by atoms with Crippen LogP contribution in [0, 0.1) is 10.1 Å². The average Bonchev–Trinajstić information content (AvgIpc) is 2.72. The summed E-state index contributed by atoms with van der Waals surface area (Å²) in [6.45, 7) is 0.0186. The Morgan fingerprint density at radius 2 is 1.90 bits per heavy atom. The molecule has 11 heteroatoms.